The molecule has 1 aromatic rings. The molecular weight excluding hydrogens is 392 g/mol. The second kappa shape index (κ2) is 11.1. The summed E-state index contributed by atoms with van der Waals surface area (Å²) in [6.45, 7) is 17.4. The lowest BCUT2D eigenvalue weighted by Gasteiger charge is -2.38. The first-order valence-corrected chi connectivity index (χ1v) is 14.3. The van der Waals surface area contributed by atoms with E-state index in [4.69, 9.17) is 9.16 Å². The van der Waals surface area contributed by atoms with Crippen molar-refractivity contribution in [1.29, 1.82) is 0 Å². The summed E-state index contributed by atoms with van der Waals surface area (Å²) in [5.41, 5.74) is 3.40. The number of hydrogen-bond donors (Lipinski definition) is 0. The molecule has 0 N–H and O–H groups in total. The number of esters is 1. The summed E-state index contributed by atoms with van der Waals surface area (Å²) >= 11 is 0. The zero-order valence-corrected chi connectivity index (χ0v) is 21.6. The Morgan fingerprint density at radius 1 is 1.00 bits per heavy atom. The van der Waals surface area contributed by atoms with E-state index in [1.54, 1.807) is 6.92 Å². The molecule has 170 valence electrons. The van der Waals surface area contributed by atoms with Gasteiger partial charge in [-0.25, -0.2) is 0 Å². The van der Waals surface area contributed by atoms with E-state index in [0.29, 0.717) is 12.8 Å². The van der Waals surface area contributed by atoms with Crippen molar-refractivity contribution in [1.82, 2.24) is 0 Å². The Hall–Kier alpha value is -1.62. The molecule has 0 amide bonds. The van der Waals surface area contributed by atoms with Crippen LogP contribution in [0.15, 0.2) is 12.1 Å². The van der Waals surface area contributed by atoms with Gasteiger partial charge in [0.05, 0.1) is 7.11 Å². The molecule has 0 radical (unpaired) electrons. The van der Waals surface area contributed by atoms with E-state index >= 15 is 0 Å². The Labute approximate surface area is 184 Å². The van der Waals surface area contributed by atoms with Gasteiger partial charge in [0.2, 0.25) is 0 Å². The van der Waals surface area contributed by atoms with Crippen molar-refractivity contribution in [3.8, 4) is 5.75 Å². The topological polar surface area (TPSA) is 52.6 Å². The van der Waals surface area contributed by atoms with E-state index in [1.165, 1.54) is 18.2 Å². The van der Waals surface area contributed by atoms with Crippen LogP contribution in [0.2, 0.25) is 18.1 Å². The molecule has 0 fully saturated rings. The minimum absolute atomic E-state index is 0.0717. The maximum atomic E-state index is 12.4. The summed E-state index contributed by atoms with van der Waals surface area (Å²) < 4.78 is 11.7. The Kier molecular flexibility index (Phi) is 9.79. The van der Waals surface area contributed by atoms with Crippen LogP contribution in [0.4, 0.5) is 0 Å². The number of carbonyl (C=O) groups excluding carboxylic acids is 2. The molecule has 0 aliphatic carbocycles. The molecule has 30 heavy (non-hydrogen) atoms. The molecular formula is C25H42O4Si. The highest BCUT2D eigenvalue weighted by atomic mass is 28.4. The maximum Gasteiger partial charge on any atom is 0.316 e. The van der Waals surface area contributed by atoms with Gasteiger partial charge in [-0.05, 0) is 54.1 Å². The highest BCUT2D eigenvalue weighted by molar-refractivity contribution is 6.74. The molecule has 5 heteroatoms. The Morgan fingerprint density at radius 2 is 1.50 bits per heavy atom. The largest absolute Gasteiger partial charge is 0.543 e. The molecule has 1 atom stereocenters. The van der Waals surface area contributed by atoms with Gasteiger partial charge in [-0.3, -0.25) is 9.59 Å². The van der Waals surface area contributed by atoms with Gasteiger partial charge in [0, 0.05) is 6.42 Å². The Morgan fingerprint density at radius 3 is 1.87 bits per heavy atom. The molecule has 0 spiro atoms. The predicted octanol–water partition coefficient (Wildman–Crippen LogP) is 6.29. The van der Waals surface area contributed by atoms with Crippen LogP contribution in [-0.2, 0) is 33.6 Å². The molecule has 1 aromatic carbocycles. The molecule has 4 nitrogen and oxygen atoms in total. The molecule has 0 saturated heterocycles. The number of benzene rings is 1. The molecule has 0 aromatic heterocycles. The van der Waals surface area contributed by atoms with Crippen LogP contribution in [0.25, 0.3) is 0 Å². The number of aryl methyl sites for hydroxylation is 2. The molecule has 1 rings (SSSR count). The normalized spacial score (nSPS) is 13.1. The maximum absolute atomic E-state index is 12.4. The number of hydrogen-bond acceptors (Lipinski definition) is 4. The first-order chi connectivity index (χ1) is 13.9. The summed E-state index contributed by atoms with van der Waals surface area (Å²) in [7, 11) is -0.645. The highest BCUT2D eigenvalue weighted by Gasteiger charge is 2.40. The third-order valence-electron chi connectivity index (χ3n) is 6.17. The van der Waals surface area contributed by atoms with Gasteiger partial charge in [-0.15, -0.1) is 0 Å². The lowest BCUT2D eigenvalue weighted by molar-refractivity contribution is -0.149. The van der Waals surface area contributed by atoms with Crippen molar-refractivity contribution < 1.29 is 18.8 Å². The quantitative estimate of drug-likeness (QED) is 0.233. The number of methoxy groups -OCH3 is 1. The van der Waals surface area contributed by atoms with Crippen LogP contribution in [0.5, 0.6) is 5.75 Å². The van der Waals surface area contributed by atoms with E-state index in [9.17, 15) is 9.59 Å². The third kappa shape index (κ3) is 6.69. The molecule has 0 saturated carbocycles. The highest BCUT2D eigenvalue weighted by Crippen LogP contribution is 2.40. The minimum atomic E-state index is -1.99. The lowest BCUT2D eigenvalue weighted by Crippen LogP contribution is -2.44. The lowest BCUT2D eigenvalue weighted by atomic mass is 9.90. The number of ether oxygens (including phenoxy) is 1. The van der Waals surface area contributed by atoms with Crippen molar-refractivity contribution in [2.24, 2.45) is 5.92 Å². The standard InChI is InChI=1S/C25H42O4Si/c1-10-13-19-15-18(17-21(22(26)12-3)24(27)28-7)16-20(14-11-2)23(19)29-30(8,9)25(4,5)6/h15-16,21H,10-14,17H2,1-9H3. The summed E-state index contributed by atoms with van der Waals surface area (Å²) in [5.74, 6) is -0.225. The average molecular weight is 435 g/mol. The number of ketones is 1. The second-order valence-electron chi connectivity index (χ2n) is 9.71. The summed E-state index contributed by atoms with van der Waals surface area (Å²) in [6, 6.07) is 4.29. The van der Waals surface area contributed by atoms with Gasteiger partial charge < -0.3 is 9.16 Å². The van der Waals surface area contributed by atoms with Crippen LogP contribution >= 0.6 is 0 Å². The average Bonchev–Trinajstić information content (AvgIpc) is 2.66. The monoisotopic (exact) mass is 434 g/mol. The van der Waals surface area contributed by atoms with Gasteiger partial charge in [0.1, 0.15) is 17.5 Å². The van der Waals surface area contributed by atoms with Crippen molar-refractivity contribution >= 4 is 20.1 Å². The van der Waals surface area contributed by atoms with E-state index in [-0.39, 0.29) is 10.8 Å². The molecule has 0 bridgehead atoms. The zero-order chi connectivity index (χ0) is 23.1. The van der Waals surface area contributed by atoms with E-state index < -0.39 is 20.2 Å². The van der Waals surface area contributed by atoms with Crippen LogP contribution in [-0.4, -0.2) is 27.2 Å². The first kappa shape index (κ1) is 26.4. The van der Waals surface area contributed by atoms with Gasteiger partial charge in [0.15, 0.2) is 0 Å². The Balaban J connectivity index is 3.48. The van der Waals surface area contributed by atoms with Crippen LogP contribution in [0.3, 0.4) is 0 Å². The smallest absolute Gasteiger partial charge is 0.316 e. The number of Topliss-reactive ketones (excluding diaryl/α,β-unsaturated/α-hetero) is 1. The number of rotatable bonds is 11. The summed E-state index contributed by atoms with van der Waals surface area (Å²) in [4.78, 5) is 24.6. The second-order valence-corrected chi connectivity index (χ2v) is 14.4. The van der Waals surface area contributed by atoms with Crippen LogP contribution in [0.1, 0.15) is 77.5 Å². The first-order valence-electron chi connectivity index (χ1n) is 11.4. The third-order valence-corrected chi connectivity index (χ3v) is 10.5. The fraction of sp³-hybridized carbons (Fsp3) is 0.680. The minimum Gasteiger partial charge on any atom is -0.543 e. The van der Waals surface area contributed by atoms with Crippen LogP contribution in [0, 0.1) is 5.92 Å². The molecule has 1 unspecified atom stereocenters. The number of carbonyl (C=O) groups is 2. The molecule has 0 aliphatic heterocycles. The van der Waals surface area contributed by atoms with Crippen molar-refractivity contribution in [2.45, 2.75) is 98.2 Å². The van der Waals surface area contributed by atoms with E-state index in [0.717, 1.165) is 37.0 Å². The summed E-state index contributed by atoms with van der Waals surface area (Å²) in [5, 5.41) is 0.113. The zero-order valence-electron chi connectivity index (χ0n) is 20.6. The molecule has 0 aliphatic rings. The Bertz CT molecular complexity index is 688. The fourth-order valence-corrected chi connectivity index (χ4v) is 4.43. The van der Waals surface area contributed by atoms with Crippen molar-refractivity contribution in [3.05, 3.63) is 28.8 Å². The predicted molar refractivity (Wildman–Crippen MR) is 127 cm³/mol. The van der Waals surface area contributed by atoms with Gasteiger partial charge in [-0.1, -0.05) is 66.5 Å². The van der Waals surface area contributed by atoms with E-state index in [2.05, 4.69) is 59.8 Å². The summed E-state index contributed by atoms with van der Waals surface area (Å²) in [6.07, 6.45) is 4.57. The van der Waals surface area contributed by atoms with Gasteiger partial charge in [0.25, 0.3) is 8.32 Å². The fourth-order valence-electron chi connectivity index (χ4n) is 3.35. The molecule has 0 heterocycles. The van der Waals surface area contributed by atoms with Crippen molar-refractivity contribution in [3.63, 3.8) is 0 Å². The van der Waals surface area contributed by atoms with Crippen molar-refractivity contribution in [2.75, 3.05) is 7.11 Å². The van der Waals surface area contributed by atoms with Gasteiger partial charge >= 0.3 is 5.97 Å². The van der Waals surface area contributed by atoms with E-state index in [1.807, 2.05) is 0 Å². The van der Waals surface area contributed by atoms with Gasteiger partial charge in [-0.2, -0.15) is 0 Å². The SMILES string of the molecule is CCCc1cc(CC(C(=O)CC)C(=O)OC)cc(CCC)c1O[Si](C)(C)C(C)(C)C. The van der Waals surface area contributed by atoms with Crippen LogP contribution < -0.4 is 4.43 Å².